The fourth-order valence-electron chi connectivity index (χ4n) is 1.40. The van der Waals surface area contributed by atoms with Crippen LogP contribution in [0.4, 0.5) is 0 Å². The molecule has 1 rings (SSSR count). The molecule has 0 fully saturated rings. The number of nitrogens with one attached hydrogen (secondary N) is 2. The van der Waals surface area contributed by atoms with E-state index in [4.69, 9.17) is 0 Å². The second-order valence-electron chi connectivity index (χ2n) is 4.19. The van der Waals surface area contributed by atoms with Gasteiger partial charge in [-0.1, -0.05) is 23.8 Å². The summed E-state index contributed by atoms with van der Waals surface area (Å²) in [5, 5.41) is 2.53. The van der Waals surface area contributed by atoms with Gasteiger partial charge in [0.2, 0.25) is 15.9 Å². The Morgan fingerprint density at radius 3 is 2.47 bits per heavy atom. The Bertz CT molecular complexity index is 550. The lowest BCUT2D eigenvalue weighted by Crippen LogP contribution is -2.44. The maximum absolute atomic E-state index is 12.0. The van der Waals surface area contributed by atoms with Gasteiger partial charge in [0.1, 0.15) is 0 Å². The van der Waals surface area contributed by atoms with Crippen LogP contribution in [-0.4, -0.2) is 26.9 Å². The number of rotatable bonds is 6. The van der Waals surface area contributed by atoms with E-state index in [1.165, 1.54) is 25.1 Å². The molecule has 1 amide bonds. The minimum atomic E-state index is -3.68. The average Bonchev–Trinajstić information content (AvgIpc) is 2.35. The van der Waals surface area contributed by atoms with Gasteiger partial charge in [0.15, 0.2) is 0 Å². The molecule has 0 heterocycles. The summed E-state index contributed by atoms with van der Waals surface area (Å²) in [5.41, 5.74) is 0.968. The minimum Gasteiger partial charge on any atom is -0.351 e. The van der Waals surface area contributed by atoms with E-state index in [1.54, 1.807) is 12.1 Å². The van der Waals surface area contributed by atoms with E-state index in [9.17, 15) is 13.2 Å². The zero-order valence-electron chi connectivity index (χ0n) is 11.0. The van der Waals surface area contributed by atoms with Crippen molar-refractivity contribution < 1.29 is 13.2 Å². The first-order valence-electron chi connectivity index (χ1n) is 5.84. The number of aryl methyl sites for hydroxylation is 1. The second-order valence-corrected chi connectivity index (χ2v) is 5.90. The second kappa shape index (κ2) is 6.49. The highest BCUT2D eigenvalue weighted by Crippen LogP contribution is 2.10. The molecule has 19 heavy (non-hydrogen) atoms. The molecule has 0 bridgehead atoms. The highest BCUT2D eigenvalue weighted by molar-refractivity contribution is 7.89. The van der Waals surface area contributed by atoms with Crippen LogP contribution in [0.1, 0.15) is 12.5 Å². The lowest BCUT2D eigenvalue weighted by Gasteiger charge is -2.13. The van der Waals surface area contributed by atoms with Gasteiger partial charge in [0, 0.05) is 6.54 Å². The van der Waals surface area contributed by atoms with Gasteiger partial charge in [-0.05, 0) is 26.0 Å². The summed E-state index contributed by atoms with van der Waals surface area (Å²) in [4.78, 5) is 11.7. The van der Waals surface area contributed by atoms with Gasteiger partial charge >= 0.3 is 0 Å². The summed E-state index contributed by atoms with van der Waals surface area (Å²) < 4.78 is 26.4. The zero-order chi connectivity index (χ0) is 14.5. The molecule has 0 aromatic heterocycles. The Labute approximate surface area is 113 Å². The van der Waals surface area contributed by atoms with E-state index in [0.717, 1.165) is 5.56 Å². The highest BCUT2D eigenvalue weighted by Gasteiger charge is 2.21. The quantitative estimate of drug-likeness (QED) is 0.763. The van der Waals surface area contributed by atoms with Gasteiger partial charge in [0.25, 0.3) is 0 Å². The van der Waals surface area contributed by atoms with Crippen LogP contribution in [0.15, 0.2) is 41.8 Å². The molecule has 0 aliphatic rings. The Balaban J connectivity index is 2.76. The predicted molar refractivity (Wildman–Crippen MR) is 74.2 cm³/mol. The van der Waals surface area contributed by atoms with Crippen LogP contribution in [0.5, 0.6) is 0 Å². The third-order valence-electron chi connectivity index (χ3n) is 2.48. The number of carbonyl (C=O) groups is 1. The van der Waals surface area contributed by atoms with Crippen LogP contribution < -0.4 is 10.0 Å². The molecule has 2 N–H and O–H groups in total. The first-order valence-corrected chi connectivity index (χ1v) is 7.32. The van der Waals surface area contributed by atoms with Crippen molar-refractivity contribution in [2.75, 3.05) is 6.54 Å². The monoisotopic (exact) mass is 282 g/mol. The lowest BCUT2D eigenvalue weighted by atomic mass is 10.2. The molecular formula is C13H18N2O3S. The van der Waals surface area contributed by atoms with E-state index in [-0.39, 0.29) is 4.90 Å². The summed E-state index contributed by atoms with van der Waals surface area (Å²) in [6.07, 6.45) is 1.53. The molecule has 1 aromatic carbocycles. The number of carbonyl (C=O) groups excluding carboxylic acids is 1. The molecule has 0 spiro atoms. The summed E-state index contributed by atoms with van der Waals surface area (Å²) in [5.74, 6) is -0.393. The average molecular weight is 282 g/mol. The van der Waals surface area contributed by atoms with Crippen molar-refractivity contribution in [3.63, 3.8) is 0 Å². The highest BCUT2D eigenvalue weighted by atomic mass is 32.2. The summed E-state index contributed by atoms with van der Waals surface area (Å²) >= 11 is 0. The molecule has 0 radical (unpaired) electrons. The smallest absolute Gasteiger partial charge is 0.241 e. The molecular weight excluding hydrogens is 264 g/mol. The van der Waals surface area contributed by atoms with Crippen molar-refractivity contribution in [3.8, 4) is 0 Å². The molecule has 0 saturated carbocycles. The van der Waals surface area contributed by atoms with Gasteiger partial charge in [-0.3, -0.25) is 4.79 Å². The summed E-state index contributed by atoms with van der Waals surface area (Å²) in [7, 11) is -3.68. The Morgan fingerprint density at radius 1 is 1.37 bits per heavy atom. The van der Waals surface area contributed by atoms with Crippen LogP contribution in [0.25, 0.3) is 0 Å². The van der Waals surface area contributed by atoms with Crippen LogP contribution in [0, 0.1) is 6.92 Å². The van der Waals surface area contributed by atoms with Crippen LogP contribution >= 0.6 is 0 Å². The first-order chi connectivity index (χ1) is 8.86. The molecule has 0 unspecified atom stereocenters. The summed E-state index contributed by atoms with van der Waals surface area (Å²) in [6, 6.07) is 5.58. The fourth-order valence-corrected chi connectivity index (χ4v) is 2.60. The lowest BCUT2D eigenvalue weighted by molar-refractivity contribution is -0.122. The number of hydrogen-bond acceptors (Lipinski definition) is 3. The van der Waals surface area contributed by atoms with Crippen molar-refractivity contribution in [1.29, 1.82) is 0 Å². The van der Waals surface area contributed by atoms with Crippen LogP contribution in [-0.2, 0) is 14.8 Å². The van der Waals surface area contributed by atoms with Crippen molar-refractivity contribution in [1.82, 2.24) is 10.0 Å². The van der Waals surface area contributed by atoms with Crippen molar-refractivity contribution >= 4 is 15.9 Å². The number of benzene rings is 1. The molecule has 6 heteroatoms. The maximum atomic E-state index is 12.0. The largest absolute Gasteiger partial charge is 0.351 e. The molecule has 1 aromatic rings. The molecule has 1 atom stereocenters. The zero-order valence-corrected chi connectivity index (χ0v) is 11.8. The minimum absolute atomic E-state index is 0.140. The topological polar surface area (TPSA) is 75.3 Å². The Morgan fingerprint density at radius 2 is 1.95 bits per heavy atom. The number of amides is 1. The van der Waals surface area contributed by atoms with Gasteiger partial charge in [0.05, 0.1) is 10.9 Å². The SMILES string of the molecule is C=CCNC(=O)[C@H](C)NS(=O)(=O)c1ccc(C)cc1. The van der Waals surface area contributed by atoms with E-state index in [1.807, 2.05) is 6.92 Å². The first kappa shape index (κ1) is 15.4. The van der Waals surface area contributed by atoms with Gasteiger partial charge in [-0.15, -0.1) is 6.58 Å². The van der Waals surface area contributed by atoms with Gasteiger partial charge in [-0.2, -0.15) is 4.72 Å². The van der Waals surface area contributed by atoms with Crippen LogP contribution in [0.2, 0.25) is 0 Å². The van der Waals surface area contributed by atoms with Gasteiger partial charge in [-0.25, -0.2) is 8.42 Å². The molecule has 5 nitrogen and oxygen atoms in total. The third kappa shape index (κ3) is 4.50. The normalized spacial score (nSPS) is 12.7. The third-order valence-corrected chi connectivity index (χ3v) is 4.03. The number of sulfonamides is 1. The predicted octanol–water partition coefficient (Wildman–Crippen LogP) is 0.964. The van der Waals surface area contributed by atoms with E-state index >= 15 is 0 Å². The van der Waals surface area contributed by atoms with E-state index < -0.39 is 22.0 Å². The molecule has 0 aliphatic heterocycles. The maximum Gasteiger partial charge on any atom is 0.241 e. The molecule has 104 valence electrons. The van der Waals surface area contributed by atoms with Crippen LogP contribution in [0.3, 0.4) is 0 Å². The van der Waals surface area contributed by atoms with Crippen molar-refractivity contribution in [2.24, 2.45) is 0 Å². The number of hydrogen-bond donors (Lipinski definition) is 2. The summed E-state index contributed by atoms with van der Waals surface area (Å²) in [6.45, 7) is 7.13. The molecule has 0 aliphatic carbocycles. The van der Waals surface area contributed by atoms with E-state index in [0.29, 0.717) is 6.54 Å². The Hall–Kier alpha value is -1.66. The fraction of sp³-hybridized carbons (Fsp3) is 0.308. The Kier molecular flexibility index (Phi) is 5.26. The van der Waals surface area contributed by atoms with Crippen molar-refractivity contribution in [3.05, 3.63) is 42.5 Å². The van der Waals surface area contributed by atoms with Gasteiger partial charge < -0.3 is 5.32 Å². The van der Waals surface area contributed by atoms with Crippen molar-refractivity contribution in [2.45, 2.75) is 24.8 Å². The standard InChI is InChI=1S/C13H18N2O3S/c1-4-9-14-13(16)11(3)15-19(17,18)12-7-5-10(2)6-8-12/h4-8,11,15H,1,9H2,2-3H3,(H,14,16)/t11-/m0/s1. The molecule has 0 saturated heterocycles. The van der Waals surface area contributed by atoms with E-state index in [2.05, 4.69) is 16.6 Å².